The number of aromatic nitrogens is 1. The quantitative estimate of drug-likeness (QED) is 0.657. The van der Waals surface area contributed by atoms with E-state index in [-0.39, 0.29) is 5.69 Å². The van der Waals surface area contributed by atoms with Gasteiger partial charge in [0.05, 0.1) is 11.3 Å². The smallest absolute Gasteiger partial charge is 0.318 e. The average Bonchev–Trinajstić information content (AvgIpc) is 2.60. The summed E-state index contributed by atoms with van der Waals surface area (Å²) in [5, 5.41) is 5.66. The summed E-state index contributed by atoms with van der Waals surface area (Å²) in [6.07, 6.45) is -2.03. The largest absolute Gasteiger partial charge is 0.471 e. The molecule has 0 saturated heterocycles. The molecule has 0 unspecified atom stereocenters. The maximum absolute atomic E-state index is 12.2. The van der Waals surface area contributed by atoms with Crippen molar-refractivity contribution < 1.29 is 22.8 Å². The zero-order valence-electron chi connectivity index (χ0n) is 13.0. The molecule has 1 aromatic heterocycles. The van der Waals surface area contributed by atoms with Crippen molar-refractivity contribution in [2.75, 3.05) is 5.32 Å². The first-order valence-electron chi connectivity index (χ1n) is 7.00. The zero-order valence-corrected chi connectivity index (χ0v) is 13.0. The molecule has 0 atom stereocenters. The van der Waals surface area contributed by atoms with E-state index in [0.29, 0.717) is 16.8 Å². The molecule has 0 aliphatic heterocycles. The lowest BCUT2D eigenvalue weighted by Gasteiger charge is -2.08. The van der Waals surface area contributed by atoms with E-state index in [0.717, 1.165) is 0 Å². The maximum Gasteiger partial charge on any atom is 0.471 e. The molecule has 0 radical (unpaired) electrons. The Hall–Kier alpha value is -3.23. The predicted octanol–water partition coefficient (Wildman–Crippen LogP) is 2.74. The Kier molecular flexibility index (Phi) is 5.48. The van der Waals surface area contributed by atoms with Crippen molar-refractivity contribution in [2.45, 2.75) is 13.1 Å². The van der Waals surface area contributed by atoms with Crippen molar-refractivity contribution in [1.82, 2.24) is 10.4 Å². The van der Waals surface area contributed by atoms with Crippen molar-refractivity contribution in [3.05, 3.63) is 59.9 Å². The van der Waals surface area contributed by atoms with Crippen LogP contribution >= 0.6 is 0 Å². The number of halogens is 3. The Morgan fingerprint density at radius 2 is 1.76 bits per heavy atom. The van der Waals surface area contributed by atoms with Crippen LogP contribution in [0.2, 0.25) is 0 Å². The summed E-state index contributed by atoms with van der Waals surface area (Å²) in [5.74, 6) is -2.49. The van der Waals surface area contributed by atoms with E-state index in [1.807, 2.05) is 0 Å². The summed E-state index contributed by atoms with van der Waals surface area (Å²) in [6.45, 7) is 1.62. The molecule has 9 heteroatoms. The first-order valence-corrected chi connectivity index (χ1v) is 7.00. The highest BCUT2D eigenvalue weighted by atomic mass is 19.4. The van der Waals surface area contributed by atoms with Crippen molar-refractivity contribution in [1.29, 1.82) is 0 Å². The number of hydrazone groups is 1. The lowest BCUT2D eigenvalue weighted by atomic mass is 10.1. The molecule has 6 nitrogen and oxygen atoms in total. The molecule has 0 fully saturated rings. The third-order valence-electron chi connectivity index (χ3n) is 3.07. The number of carbonyl (C=O) groups excluding carboxylic acids is 2. The Morgan fingerprint density at radius 3 is 2.32 bits per heavy atom. The highest BCUT2D eigenvalue weighted by Crippen LogP contribution is 2.18. The molecule has 0 bridgehead atoms. The SMILES string of the molecule is CC(=NNC(=O)c1cccnc1)c1ccc(NC(=O)C(F)(F)F)cc1. The fourth-order valence-corrected chi connectivity index (χ4v) is 1.76. The zero-order chi connectivity index (χ0) is 18.4. The van der Waals surface area contributed by atoms with Crippen molar-refractivity contribution in [3.8, 4) is 0 Å². The van der Waals surface area contributed by atoms with Gasteiger partial charge in [0.15, 0.2) is 0 Å². The lowest BCUT2D eigenvalue weighted by molar-refractivity contribution is -0.167. The number of pyridine rings is 1. The van der Waals surface area contributed by atoms with Gasteiger partial charge in [0.25, 0.3) is 5.91 Å². The molecular formula is C16H13F3N4O2. The first kappa shape index (κ1) is 18.1. The van der Waals surface area contributed by atoms with Crippen LogP contribution in [0.3, 0.4) is 0 Å². The van der Waals surface area contributed by atoms with Gasteiger partial charge < -0.3 is 5.32 Å². The van der Waals surface area contributed by atoms with E-state index in [2.05, 4.69) is 15.5 Å². The standard InChI is InChI=1S/C16H13F3N4O2/c1-10(22-23-14(24)12-3-2-8-20-9-12)11-4-6-13(7-5-11)21-15(25)16(17,18)19/h2-9H,1H3,(H,21,25)(H,23,24). The molecular weight excluding hydrogens is 337 g/mol. The number of nitrogens with zero attached hydrogens (tertiary/aromatic N) is 2. The van der Waals surface area contributed by atoms with Crippen LogP contribution in [-0.2, 0) is 4.79 Å². The lowest BCUT2D eigenvalue weighted by Crippen LogP contribution is -2.29. The summed E-state index contributed by atoms with van der Waals surface area (Å²) in [6, 6.07) is 8.74. The number of anilines is 1. The van der Waals surface area contributed by atoms with E-state index in [4.69, 9.17) is 0 Å². The second-order valence-corrected chi connectivity index (χ2v) is 4.91. The molecule has 1 aromatic carbocycles. The predicted molar refractivity (Wildman–Crippen MR) is 85.0 cm³/mol. The topological polar surface area (TPSA) is 83.4 Å². The number of amides is 2. The van der Waals surface area contributed by atoms with Crippen LogP contribution in [0.15, 0.2) is 53.9 Å². The van der Waals surface area contributed by atoms with Crippen LogP contribution in [0, 0.1) is 0 Å². The minimum Gasteiger partial charge on any atom is -0.318 e. The monoisotopic (exact) mass is 350 g/mol. The van der Waals surface area contributed by atoms with Gasteiger partial charge in [-0.2, -0.15) is 18.3 Å². The molecule has 0 saturated carbocycles. The maximum atomic E-state index is 12.2. The third-order valence-corrected chi connectivity index (χ3v) is 3.07. The Balaban J connectivity index is 2.01. The summed E-state index contributed by atoms with van der Waals surface area (Å²) < 4.78 is 36.5. The molecule has 0 aliphatic rings. The van der Waals surface area contributed by atoms with E-state index in [1.165, 1.54) is 36.7 Å². The number of hydrogen-bond acceptors (Lipinski definition) is 4. The van der Waals surface area contributed by atoms with E-state index < -0.39 is 18.0 Å². The second-order valence-electron chi connectivity index (χ2n) is 4.91. The van der Waals surface area contributed by atoms with Crippen LogP contribution in [0.1, 0.15) is 22.8 Å². The summed E-state index contributed by atoms with van der Waals surface area (Å²) >= 11 is 0. The fraction of sp³-hybridized carbons (Fsp3) is 0.125. The number of carbonyl (C=O) groups is 2. The molecule has 1 heterocycles. The van der Waals surface area contributed by atoms with Crippen LogP contribution in [0.4, 0.5) is 18.9 Å². The Morgan fingerprint density at radius 1 is 1.08 bits per heavy atom. The molecule has 2 N–H and O–H groups in total. The minimum absolute atomic E-state index is 0.00160. The summed E-state index contributed by atoms with van der Waals surface area (Å²) in [7, 11) is 0. The van der Waals surface area contributed by atoms with Crippen LogP contribution in [0.25, 0.3) is 0 Å². The van der Waals surface area contributed by atoms with E-state index in [9.17, 15) is 22.8 Å². The third kappa shape index (κ3) is 5.13. The van der Waals surface area contributed by atoms with Gasteiger partial charge in [-0.3, -0.25) is 14.6 Å². The summed E-state index contributed by atoms with van der Waals surface area (Å²) in [5.41, 5.74) is 3.69. The number of hydrogen-bond donors (Lipinski definition) is 2. The van der Waals surface area contributed by atoms with Gasteiger partial charge in [-0.05, 0) is 36.8 Å². The van der Waals surface area contributed by atoms with Gasteiger partial charge in [0, 0.05) is 18.1 Å². The molecule has 2 amide bonds. The number of alkyl halides is 3. The van der Waals surface area contributed by atoms with E-state index in [1.54, 1.807) is 24.4 Å². The van der Waals surface area contributed by atoms with Crippen molar-refractivity contribution >= 4 is 23.2 Å². The number of nitrogens with one attached hydrogen (secondary N) is 2. The molecule has 25 heavy (non-hydrogen) atoms. The van der Waals surface area contributed by atoms with Crippen molar-refractivity contribution in [3.63, 3.8) is 0 Å². The van der Waals surface area contributed by atoms with Gasteiger partial charge in [-0.15, -0.1) is 0 Å². The Bertz CT molecular complexity index is 787. The highest BCUT2D eigenvalue weighted by molar-refractivity contribution is 6.01. The van der Waals surface area contributed by atoms with Gasteiger partial charge >= 0.3 is 12.1 Å². The van der Waals surface area contributed by atoms with Gasteiger partial charge in [-0.25, -0.2) is 5.43 Å². The van der Waals surface area contributed by atoms with Crippen LogP contribution in [-0.4, -0.2) is 28.7 Å². The second kappa shape index (κ2) is 7.56. The van der Waals surface area contributed by atoms with Gasteiger partial charge in [0.2, 0.25) is 0 Å². The highest BCUT2D eigenvalue weighted by Gasteiger charge is 2.38. The molecule has 2 aromatic rings. The summed E-state index contributed by atoms with van der Waals surface area (Å²) in [4.78, 5) is 26.5. The van der Waals surface area contributed by atoms with Crippen LogP contribution < -0.4 is 10.7 Å². The minimum atomic E-state index is -4.95. The van der Waals surface area contributed by atoms with Crippen LogP contribution in [0.5, 0.6) is 0 Å². The molecule has 0 spiro atoms. The molecule has 2 rings (SSSR count). The first-order chi connectivity index (χ1) is 11.8. The fourth-order valence-electron chi connectivity index (χ4n) is 1.76. The number of rotatable bonds is 4. The molecule has 130 valence electrons. The average molecular weight is 350 g/mol. The van der Waals surface area contributed by atoms with Crippen molar-refractivity contribution in [2.24, 2.45) is 5.10 Å². The van der Waals surface area contributed by atoms with Gasteiger partial charge in [-0.1, -0.05) is 12.1 Å². The Labute approximate surface area is 140 Å². The molecule has 0 aliphatic carbocycles. The number of benzene rings is 1. The van der Waals surface area contributed by atoms with E-state index >= 15 is 0 Å². The van der Waals surface area contributed by atoms with Gasteiger partial charge in [0.1, 0.15) is 0 Å². The normalized spacial score (nSPS) is 11.8.